The molecule has 1 N–H and O–H groups in total. The normalized spacial score (nSPS) is 21.5. The number of carbonyl (C=O) groups is 1. The van der Waals surface area contributed by atoms with Crippen LogP contribution in [0, 0.1) is 0 Å². The Morgan fingerprint density at radius 1 is 1.23 bits per heavy atom. The lowest BCUT2D eigenvalue weighted by Crippen LogP contribution is -2.48. The van der Waals surface area contributed by atoms with E-state index in [1.54, 1.807) is 23.5 Å². The second-order valence-corrected chi connectivity index (χ2v) is 10.7. The Bertz CT molecular complexity index is 935. The number of likely N-dealkylation sites (N-methyl/N-ethyl adjacent to an activating group) is 1. The molecule has 1 aliphatic heterocycles. The molecule has 0 spiro atoms. The average Bonchev–Trinajstić information content (AvgIpc) is 3.21. The maximum atomic E-state index is 12.9. The molecular weight excluding hydrogens is 422 g/mol. The standard InChI is InChI=1S/C21H29N3O4S2/c1-15-12-24(13-16(2)28-15)30(26,27)19-9-7-18(8-10-19)22-21(25)14-23(4)17(3)20-6-5-11-29-20/h5-11,15-17H,12-14H2,1-4H3,(H,22,25)/t15-,16-,17-/m1/s1. The van der Waals surface area contributed by atoms with Gasteiger partial charge in [-0.2, -0.15) is 4.31 Å². The number of morpholine rings is 1. The zero-order valence-electron chi connectivity index (χ0n) is 17.7. The van der Waals surface area contributed by atoms with Gasteiger partial charge in [-0.3, -0.25) is 9.69 Å². The van der Waals surface area contributed by atoms with Gasteiger partial charge in [0.1, 0.15) is 0 Å². The van der Waals surface area contributed by atoms with Gasteiger partial charge in [-0.25, -0.2) is 8.42 Å². The van der Waals surface area contributed by atoms with E-state index in [1.807, 2.05) is 37.2 Å². The monoisotopic (exact) mass is 451 g/mol. The van der Waals surface area contributed by atoms with Crippen molar-refractivity contribution < 1.29 is 17.9 Å². The van der Waals surface area contributed by atoms with E-state index in [1.165, 1.54) is 21.3 Å². The largest absolute Gasteiger partial charge is 0.373 e. The van der Waals surface area contributed by atoms with Crippen molar-refractivity contribution in [3.63, 3.8) is 0 Å². The van der Waals surface area contributed by atoms with E-state index >= 15 is 0 Å². The van der Waals surface area contributed by atoms with Crippen LogP contribution in [0.5, 0.6) is 0 Å². The lowest BCUT2D eigenvalue weighted by molar-refractivity contribution is -0.117. The Hall–Kier alpha value is -1.78. The minimum Gasteiger partial charge on any atom is -0.373 e. The Morgan fingerprint density at radius 3 is 2.43 bits per heavy atom. The van der Waals surface area contributed by atoms with Crippen molar-refractivity contribution in [2.45, 2.75) is 43.9 Å². The van der Waals surface area contributed by atoms with Crippen molar-refractivity contribution in [2.24, 2.45) is 0 Å². The molecule has 0 unspecified atom stereocenters. The highest BCUT2D eigenvalue weighted by Crippen LogP contribution is 2.24. The van der Waals surface area contributed by atoms with E-state index in [0.717, 1.165) is 0 Å². The zero-order chi connectivity index (χ0) is 21.9. The molecule has 164 valence electrons. The lowest BCUT2D eigenvalue weighted by Gasteiger charge is -2.34. The second-order valence-electron chi connectivity index (χ2n) is 7.76. The summed E-state index contributed by atoms with van der Waals surface area (Å²) in [4.78, 5) is 15.8. The van der Waals surface area contributed by atoms with Crippen LogP contribution < -0.4 is 5.32 Å². The number of anilines is 1. The highest BCUT2D eigenvalue weighted by molar-refractivity contribution is 7.89. The van der Waals surface area contributed by atoms with Gasteiger partial charge in [0.25, 0.3) is 0 Å². The molecule has 0 aliphatic carbocycles. The summed E-state index contributed by atoms with van der Waals surface area (Å²) in [5.41, 5.74) is 0.569. The molecule has 9 heteroatoms. The number of benzene rings is 1. The number of sulfonamides is 1. The third kappa shape index (κ3) is 5.47. The van der Waals surface area contributed by atoms with Gasteiger partial charge in [0.2, 0.25) is 15.9 Å². The summed E-state index contributed by atoms with van der Waals surface area (Å²) in [6.45, 7) is 6.70. The van der Waals surface area contributed by atoms with Crippen LogP contribution in [0.4, 0.5) is 5.69 Å². The SMILES string of the molecule is C[C@@H]1CN(S(=O)(=O)c2ccc(NC(=O)CN(C)[C@H](C)c3cccs3)cc2)C[C@@H](C)O1. The summed E-state index contributed by atoms with van der Waals surface area (Å²) < 4.78 is 32.9. The van der Waals surface area contributed by atoms with E-state index in [9.17, 15) is 13.2 Å². The summed E-state index contributed by atoms with van der Waals surface area (Å²) >= 11 is 1.66. The van der Waals surface area contributed by atoms with Crippen molar-refractivity contribution >= 4 is 33.0 Å². The number of nitrogens with one attached hydrogen (secondary N) is 1. The van der Waals surface area contributed by atoms with E-state index in [0.29, 0.717) is 18.8 Å². The first kappa shape index (κ1) is 22.9. The first-order valence-electron chi connectivity index (χ1n) is 9.96. The molecule has 2 aromatic rings. The van der Waals surface area contributed by atoms with Gasteiger partial charge < -0.3 is 10.1 Å². The number of rotatable bonds is 7. The average molecular weight is 452 g/mol. The number of carbonyl (C=O) groups excluding carboxylic acids is 1. The second kappa shape index (κ2) is 9.57. The highest BCUT2D eigenvalue weighted by atomic mass is 32.2. The molecule has 0 saturated carbocycles. The fourth-order valence-electron chi connectivity index (χ4n) is 3.50. The van der Waals surface area contributed by atoms with E-state index in [-0.39, 0.29) is 35.6 Å². The molecular formula is C21H29N3O4S2. The number of amides is 1. The third-order valence-electron chi connectivity index (χ3n) is 5.17. The van der Waals surface area contributed by atoms with Gasteiger partial charge >= 0.3 is 0 Å². The number of hydrogen-bond donors (Lipinski definition) is 1. The van der Waals surface area contributed by atoms with Gasteiger partial charge in [-0.05, 0) is 63.5 Å². The molecule has 3 atom stereocenters. The fourth-order valence-corrected chi connectivity index (χ4v) is 5.94. The van der Waals surface area contributed by atoms with Crippen LogP contribution in [0.1, 0.15) is 31.7 Å². The summed E-state index contributed by atoms with van der Waals surface area (Å²) in [5.74, 6) is -0.146. The predicted molar refractivity (Wildman–Crippen MR) is 119 cm³/mol. The molecule has 1 aromatic heterocycles. The van der Waals surface area contributed by atoms with Crippen molar-refractivity contribution in [1.29, 1.82) is 0 Å². The van der Waals surface area contributed by atoms with Gasteiger partial charge in [0, 0.05) is 29.7 Å². The topological polar surface area (TPSA) is 79.0 Å². The molecule has 1 aromatic carbocycles. The summed E-state index contributed by atoms with van der Waals surface area (Å²) in [5, 5.41) is 4.86. The van der Waals surface area contributed by atoms with Crippen LogP contribution in [0.3, 0.4) is 0 Å². The first-order chi connectivity index (χ1) is 14.2. The molecule has 2 heterocycles. The molecule has 3 rings (SSSR count). The lowest BCUT2D eigenvalue weighted by atomic mass is 10.2. The Morgan fingerprint density at radius 2 is 1.87 bits per heavy atom. The number of nitrogens with zero attached hydrogens (tertiary/aromatic N) is 2. The first-order valence-corrected chi connectivity index (χ1v) is 12.3. The van der Waals surface area contributed by atoms with Gasteiger partial charge in [-0.15, -0.1) is 11.3 Å². The molecule has 0 radical (unpaired) electrons. The molecule has 1 aliphatic rings. The molecule has 30 heavy (non-hydrogen) atoms. The Kier molecular flexibility index (Phi) is 7.30. The minimum absolute atomic E-state index is 0.140. The maximum Gasteiger partial charge on any atom is 0.243 e. The quantitative estimate of drug-likeness (QED) is 0.700. The molecule has 1 saturated heterocycles. The van der Waals surface area contributed by atoms with E-state index in [4.69, 9.17) is 4.74 Å². The number of hydrogen-bond acceptors (Lipinski definition) is 6. The van der Waals surface area contributed by atoms with Gasteiger partial charge in [0.15, 0.2) is 0 Å². The fraction of sp³-hybridized carbons (Fsp3) is 0.476. The molecule has 7 nitrogen and oxygen atoms in total. The minimum atomic E-state index is -3.59. The third-order valence-corrected chi connectivity index (χ3v) is 8.06. The maximum absolute atomic E-state index is 12.9. The summed E-state index contributed by atoms with van der Waals surface area (Å²) in [6, 6.07) is 10.5. The van der Waals surface area contributed by atoms with Crippen LogP contribution in [-0.4, -0.2) is 62.4 Å². The highest BCUT2D eigenvalue weighted by Gasteiger charge is 2.32. The van der Waals surface area contributed by atoms with Crippen LogP contribution in [0.25, 0.3) is 0 Å². The van der Waals surface area contributed by atoms with Crippen molar-refractivity contribution in [1.82, 2.24) is 9.21 Å². The van der Waals surface area contributed by atoms with Crippen LogP contribution in [0.2, 0.25) is 0 Å². The molecule has 0 bridgehead atoms. The Balaban J connectivity index is 1.60. The Labute approximate surface area is 182 Å². The number of ether oxygens (including phenoxy) is 1. The van der Waals surface area contributed by atoms with Gasteiger partial charge in [0.05, 0.1) is 23.6 Å². The molecule has 1 amide bonds. The van der Waals surface area contributed by atoms with Crippen molar-refractivity contribution in [3.8, 4) is 0 Å². The van der Waals surface area contributed by atoms with Crippen molar-refractivity contribution in [3.05, 3.63) is 46.7 Å². The number of thiophene rings is 1. The predicted octanol–water partition coefficient (Wildman–Crippen LogP) is 3.18. The smallest absolute Gasteiger partial charge is 0.243 e. The van der Waals surface area contributed by atoms with Crippen LogP contribution in [-0.2, 0) is 19.6 Å². The molecule has 1 fully saturated rings. The zero-order valence-corrected chi connectivity index (χ0v) is 19.4. The van der Waals surface area contributed by atoms with Crippen molar-refractivity contribution in [2.75, 3.05) is 32.0 Å². The van der Waals surface area contributed by atoms with Gasteiger partial charge in [-0.1, -0.05) is 6.07 Å². The van der Waals surface area contributed by atoms with E-state index < -0.39 is 10.0 Å². The summed E-state index contributed by atoms with van der Waals surface area (Å²) in [7, 11) is -1.69. The van der Waals surface area contributed by atoms with Crippen LogP contribution >= 0.6 is 11.3 Å². The summed E-state index contributed by atoms with van der Waals surface area (Å²) in [6.07, 6.45) is -0.286. The van der Waals surface area contributed by atoms with Crippen LogP contribution in [0.15, 0.2) is 46.7 Å². The van der Waals surface area contributed by atoms with E-state index in [2.05, 4.69) is 18.3 Å².